The molecule has 7 heteroatoms. The smallest absolute Gasteiger partial charge is 0.223 e. The Balaban J connectivity index is 1.54. The number of fused-ring (bicyclic) bond motifs is 3. The fraction of sp³-hybridized carbons (Fsp3) is 0.308. The van der Waals surface area contributed by atoms with E-state index in [1.165, 1.54) is 6.07 Å². The molecule has 1 amide bonds. The highest BCUT2D eigenvalue weighted by Crippen LogP contribution is 2.39. The lowest BCUT2D eigenvalue weighted by molar-refractivity contribution is -0.133. The van der Waals surface area contributed by atoms with Crippen LogP contribution in [0.15, 0.2) is 42.5 Å². The molecule has 0 aliphatic carbocycles. The summed E-state index contributed by atoms with van der Waals surface area (Å²) in [4.78, 5) is 18.6. The Kier molecular flexibility index (Phi) is 5.27. The van der Waals surface area contributed by atoms with Gasteiger partial charge in [-0.2, -0.15) is 5.10 Å². The maximum atomic E-state index is 15.0. The van der Waals surface area contributed by atoms with Gasteiger partial charge >= 0.3 is 0 Å². The second-order valence-electron chi connectivity index (χ2n) is 8.74. The molecular weight excluding hydrogens is 422 g/mol. The summed E-state index contributed by atoms with van der Waals surface area (Å²) in [7, 11) is 1.89. The molecule has 1 aliphatic rings. The van der Waals surface area contributed by atoms with Crippen LogP contribution in [0.1, 0.15) is 46.2 Å². The number of carbonyl (C=O) groups is 1. The molecule has 4 aromatic rings. The first-order valence-corrected chi connectivity index (χ1v) is 11.2. The molecule has 0 fully saturated rings. The van der Waals surface area contributed by atoms with Crippen molar-refractivity contribution < 1.29 is 13.6 Å². The van der Waals surface area contributed by atoms with Crippen molar-refractivity contribution in [2.45, 2.75) is 39.2 Å². The van der Waals surface area contributed by atoms with Crippen LogP contribution in [0.25, 0.3) is 10.9 Å². The second kappa shape index (κ2) is 8.14. The van der Waals surface area contributed by atoms with Gasteiger partial charge in [-0.15, -0.1) is 0 Å². The molecule has 5 nitrogen and oxygen atoms in total. The lowest BCUT2D eigenvalue weighted by atomic mass is 9.91. The molecule has 2 aromatic heterocycles. The molecule has 0 spiro atoms. The second-order valence-corrected chi connectivity index (χ2v) is 8.74. The normalized spacial score (nSPS) is 15.8. The zero-order valence-corrected chi connectivity index (χ0v) is 19.0. The summed E-state index contributed by atoms with van der Waals surface area (Å²) in [5.74, 6) is -1.14. The number of benzene rings is 2. The Morgan fingerprint density at radius 1 is 1.18 bits per heavy atom. The summed E-state index contributed by atoms with van der Waals surface area (Å²) in [5.41, 5.74) is 5.92. The fourth-order valence-corrected chi connectivity index (χ4v) is 5.11. The number of nitrogens with zero attached hydrogens (tertiary/aromatic N) is 3. The molecule has 0 radical (unpaired) electrons. The Morgan fingerprint density at radius 2 is 1.97 bits per heavy atom. The molecule has 0 saturated heterocycles. The fourth-order valence-electron chi connectivity index (χ4n) is 5.11. The van der Waals surface area contributed by atoms with Crippen molar-refractivity contribution in [3.05, 3.63) is 87.9 Å². The Morgan fingerprint density at radius 3 is 2.73 bits per heavy atom. The molecule has 1 N–H and O–H groups in total. The van der Waals surface area contributed by atoms with Gasteiger partial charge in [-0.3, -0.25) is 9.48 Å². The third-order valence-corrected chi connectivity index (χ3v) is 6.86. The van der Waals surface area contributed by atoms with Crippen LogP contribution < -0.4 is 0 Å². The molecule has 0 bridgehead atoms. The summed E-state index contributed by atoms with van der Waals surface area (Å²) in [6.45, 7) is 4.37. The van der Waals surface area contributed by atoms with Crippen LogP contribution in [0.2, 0.25) is 0 Å². The molecule has 0 saturated carbocycles. The number of aromatic amines is 1. The van der Waals surface area contributed by atoms with Crippen LogP contribution in [0.4, 0.5) is 8.78 Å². The Labute approximate surface area is 191 Å². The molecule has 33 heavy (non-hydrogen) atoms. The monoisotopic (exact) mass is 448 g/mol. The minimum Gasteiger partial charge on any atom is -0.356 e. The first kappa shape index (κ1) is 21.4. The lowest BCUT2D eigenvalue weighted by Crippen LogP contribution is -2.41. The van der Waals surface area contributed by atoms with Gasteiger partial charge in [-0.05, 0) is 62.1 Å². The summed E-state index contributed by atoms with van der Waals surface area (Å²) in [6, 6.07) is 10.6. The summed E-state index contributed by atoms with van der Waals surface area (Å²) < 4.78 is 31.0. The van der Waals surface area contributed by atoms with Gasteiger partial charge in [0.05, 0.1) is 5.69 Å². The van der Waals surface area contributed by atoms with Gasteiger partial charge in [0.25, 0.3) is 0 Å². The highest BCUT2D eigenvalue weighted by molar-refractivity contribution is 5.86. The molecule has 3 heterocycles. The summed E-state index contributed by atoms with van der Waals surface area (Å²) in [6.07, 6.45) is 1.48. The van der Waals surface area contributed by atoms with E-state index in [2.05, 4.69) is 10.1 Å². The van der Waals surface area contributed by atoms with Crippen molar-refractivity contribution in [3.63, 3.8) is 0 Å². The van der Waals surface area contributed by atoms with Gasteiger partial charge in [0, 0.05) is 47.9 Å². The predicted molar refractivity (Wildman–Crippen MR) is 123 cm³/mol. The highest BCUT2D eigenvalue weighted by atomic mass is 19.1. The standard InChI is InChI=1S/C26H26F2N4O/c1-15-18(16(2)31(3)30-15)9-11-24(33)32-13-12-20-19-6-4-5-7-23(19)29-25(20)26(32)21-14-17(27)8-10-22(21)28/h4-8,10,14,26,29H,9,11-13H2,1-3H3/t26-/m1/s1. The van der Waals surface area contributed by atoms with E-state index in [-0.39, 0.29) is 17.9 Å². The van der Waals surface area contributed by atoms with Crippen molar-refractivity contribution in [2.24, 2.45) is 7.05 Å². The van der Waals surface area contributed by atoms with E-state index < -0.39 is 17.7 Å². The molecule has 0 unspecified atom stereocenters. The van der Waals surface area contributed by atoms with Gasteiger partial charge in [-0.1, -0.05) is 18.2 Å². The number of halogens is 2. The summed E-state index contributed by atoms with van der Waals surface area (Å²) in [5, 5.41) is 5.49. The topological polar surface area (TPSA) is 53.9 Å². The molecule has 2 aromatic carbocycles. The van der Waals surface area contributed by atoms with Gasteiger partial charge in [-0.25, -0.2) is 8.78 Å². The minimum absolute atomic E-state index is 0.0874. The predicted octanol–water partition coefficient (Wildman–Crippen LogP) is 4.90. The number of amides is 1. The molecule has 1 atom stereocenters. The van der Waals surface area contributed by atoms with Crippen LogP contribution in [0.5, 0.6) is 0 Å². The van der Waals surface area contributed by atoms with Crippen LogP contribution in [-0.2, 0) is 24.7 Å². The zero-order chi connectivity index (χ0) is 23.3. The average Bonchev–Trinajstić information content (AvgIpc) is 3.29. The number of hydrogen-bond acceptors (Lipinski definition) is 2. The number of hydrogen-bond donors (Lipinski definition) is 1. The van der Waals surface area contributed by atoms with Gasteiger partial charge < -0.3 is 9.88 Å². The van der Waals surface area contributed by atoms with Gasteiger partial charge in [0.2, 0.25) is 5.91 Å². The van der Waals surface area contributed by atoms with Crippen LogP contribution in [0.3, 0.4) is 0 Å². The maximum absolute atomic E-state index is 15.0. The Bertz CT molecular complexity index is 1370. The number of rotatable bonds is 4. The van der Waals surface area contributed by atoms with E-state index >= 15 is 0 Å². The molecule has 5 rings (SSSR count). The first-order chi connectivity index (χ1) is 15.8. The largest absolute Gasteiger partial charge is 0.356 e. The van der Waals surface area contributed by atoms with Gasteiger partial charge in [0.1, 0.15) is 17.7 Å². The van der Waals surface area contributed by atoms with Crippen molar-refractivity contribution in [1.82, 2.24) is 19.7 Å². The van der Waals surface area contributed by atoms with Crippen molar-refractivity contribution >= 4 is 16.8 Å². The van der Waals surface area contributed by atoms with Crippen molar-refractivity contribution in [2.75, 3.05) is 6.54 Å². The van der Waals surface area contributed by atoms with Crippen LogP contribution in [0, 0.1) is 25.5 Å². The number of carbonyl (C=O) groups excluding carboxylic acids is 1. The third-order valence-electron chi connectivity index (χ3n) is 6.86. The van der Waals surface area contributed by atoms with Crippen LogP contribution >= 0.6 is 0 Å². The minimum atomic E-state index is -0.708. The number of aromatic nitrogens is 3. The summed E-state index contributed by atoms with van der Waals surface area (Å²) >= 11 is 0. The van der Waals surface area contributed by atoms with E-state index in [1.54, 1.807) is 4.90 Å². The SMILES string of the molecule is Cc1nn(C)c(C)c1CCC(=O)N1CCc2c([nH]c3ccccc23)[C@H]1c1cc(F)ccc1F. The number of para-hydroxylation sites is 1. The average molecular weight is 449 g/mol. The molecule has 170 valence electrons. The van der Waals surface area contributed by atoms with E-state index in [0.717, 1.165) is 51.2 Å². The molecular formula is C26H26F2N4O. The van der Waals surface area contributed by atoms with E-state index in [9.17, 15) is 13.6 Å². The number of aryl methyl sites for hydroxylation is 2. The van der Waals surface area contributed by atoms with Gasteiger partial charge in [0.15, 0.2) is 0 Å². The van der Waals surface area contributed by atoms with E-state index in [0.29, 0.717) is 19.4 Å². The maximum Gasteiger partial charge on any atom is 0.223 e. The lowest BCUT2D eigenvalue weighted by Gasteiger charge is -2.36. The van der Waals surface area contributed by atoms with Crippen molar-refractivity contribution in [1.29, 1.82) is 0 Å². The quantitative estimate of drug-likeness (QED) is 0.483. The van der Waals surface area contributed by atoms with E-state index in [1.807, 2.05) is 49.8 Å². The van der Waals surface area contributed by atoms with Crippen LogP contribution in [-0.4, -0.2) is 32.1 Å². The Hall–Kier alpha value is -3.48. The third kappa shape index (κ3) is 3.61. The van der Waals surface area contributed by atoms with Crippen molar-refractivity contribution in [3.8, 4) is 0 Å². The number of H-pyrrole nitrogens is 1. The van der Waals surface area contributed by atoms with E-state index in [4.69, 9.17) is 0 Å². The molecule has 1 aliphatic heterocycles. The highest BCUT2D eigenvalue weighted by Gasteiger charge is 2.36. The zero-order valence-electron chi connectivity index (χ0n) is 19.0. The first-order valence-electron chi connectivity index (χ1n) is 11.2. The number of nitrogens with one attached hydrogen (secondary N) is 1.